The molecule has 1 saturated heterocycles. The molecule has 8 nitrogen and oxygen atoms in total. The summed E-state index contributed by atoms with van der Waals surface area (Å²) in [6, 6.07) is 12.6. The minimum atomic E-state index is -1.06. The first kappa shape index (κ1) is 20.8. The number of rotatable bonds is 3. The van der Waals surface area contributed by atoms with Crippen molar-refractivity contribution in [3.05, 3.63) is 69.3 Å². The largest absolute Gasteiger partial charge is 0.478 e. The number of hydrogen-bond acceptors (Lipinski definition) is 6. The second kappa shape index (κ2) is 7.78. The molecule has 5 rings (SSSR count). The molecule has 0 aliphatic carbocycles. The minimum Gasteiger partial charge on any atom is -0.478 e. The summed E-state index contributed by atoms with van der Waals surface area (Å²) in [5.74, 6) is -0.218. The molecule has 1 aliphatic heterocycles. The molecule has 3 heterocycles. The lowest BCUT2D eigenvalue weighted by molar-refractivity contribution is 0.0697. The maximum atomic E-state index is 12.9. The van der Waals surface area contributed by atoms with Crippen LogP contribution in [0, 0.1) is 18.3 Å². The number of benzene rings is 2. The van der Waals surface area contributed by atoms with Crippen molar-refractivity contribution < 1.29 is 14.3 Å². The lowest BCUT2D eigenvalue weighted by Crippen LogP contribution is -2.36. The highest BCUT2D eigenvalue weighted by molar-refractivity contribution is 6.00. The summed E-state index contributed by atoms with van der Waals surface area (Å²) < 4.78 is 7.39. The average Bonchev–Trinajstić information content (AvgIpc) is 3.24. The fourth-order valence-electron chi connectivity index (χ4n) is 4.67. The molecule has 2 aromatic carbocycles. The van der Waals surface area contributed by atoms with Crippen molar-refractivity contribution in [1.29, 1.82) is 5.26 Å². The molecule has 1 N–H and O–H groups in total. The highest BCUT2D eigenvalue weighted by Gasteiger charge is 2.28. The number of aromatic carboxylic acids is 1. The molecule has 0 amide bonds. The van der Waals surface area contributed by atoms with Crippen molar-refractivity contribution in [3.8, 4) is 6.07 Å². The van der Waals surface area contributed by atoms with Crippen LogP contribution >= 0.6 is 0 Å². The van der Waals surface area contributed by atoms with Crippen molar-refractivity contribution in [3.63, 3.8) is 0 Å². The lowest BCUT2D eigenvalue weighted by Gasteiger charge is -2.33. The first-order valence-corrected chi connectivity index (χ1v) is 10.8. The highest BCUT2D eigenvalue weighted by Crippen LogP contribution is 2.36. The molecule has 1 aliphatic rings. The van der Waals surface area contributed by atoms with Gasteiger partial charge in [0, 0.05) is 31.4 Å². The van der Waals surface area contributed by atoms with E-state index in [0.717, 1.165) is 29.5 Å². The Kier molecular flexibility index (Phi) is 4.90. The number of aromatic nitrogens is 2. The quantitative estimate of drug-likeness (QED) is 0.511. The Morgan fingerprint density at radius 1 is 1.21 bits per heavy atom. The number of carboxylic acid groups (broad SMARTS) is 1. The maximum absolute atomic E-state index is 12.9. The highest BCUT2D eigenvalue weighted by atomic mass is 16.4. The SMILES string of the molecule is Cc1ccc2oc(C3CCN(c4c(C#N)c(=O)n(C)c5ccc(C(=O)O)cc45)CC3)nc2c1. The van der Waals surface area contributed by atoms with Crippen LogP contribution in [-0.2, 0) is 7.05 Å². The van der Waals surface area contributed by atoms with E-state index in [1.165, 1.54) is 10.6 Å². The summed E-state index contributed by atoms with van der Waals surface area (Å²) in [6.07, 6.45) is 1.48. The maximum Gasteiger partial charge on any atom is 0.335 e. The van der Waals surface area contributed by atoms with E-state index in [2.05, 4.69) is 11.1 Å². The van der Waals surface area contributed by atoms with Crippen LogP contribution in [0.15, 0.2) is 45.6 Å². The number of nitrogens with zero attached hydrogens (tertiary/aromatic N) is 4. The third-order valence-electron chi connectivity index (χ3n) is 6.45. The van der Waals surface area contributed by atoms with Gasteiger partial charge in [0.15, 0.2) is 11.5 Å². The zero-order valence-corrected chi connectivity index (χ0v) is 18.3. The third kappa shape index (κ3) is 3.42. The van der Waals surface area contributed by atoms with Crippen molar-refractivity contribution in [2.75, 3.05) is 18.0 Å². The summed E-state index contributed by atoms with van der Waals surface area (Å²) in [5, 5.41) is 19.9. The zero-order chi connectivity index (χ0) is 23.3. The van der Waals surface area contributed by atoms with Crippen molar-refractivity contribution in [2.45, 2.75) is 25.7 Å². The summed E-state index contributed by atoms with van der Waals surface area (Å²) in [7, 11) is 1.59. The average molecular weight is 442 g/mol. The molecule has 0 radical (unpaired) electrons. The van der Waals surface area contributed by atoms with Crippen LogP contribution < -0.4 is 10.5 Å². The van der Waals surface area contributed by atoms with Crippen LogP contribution in [0.3, 0.4) is 0 Å². The van der Waals surface area contributed by atoms with Crippen LogP contribution in [0.5, 0.6) is 0 Å². The van der Waals surface area contributed by atoms with Crippen LogP contribution in [0.1, 0.15) is 46.1 Å². The number of piperidine rings is 1. The van der Waals surface area contributed by atoms with E-state index in [9.17, 15) is 20.0 Å². The molecule has 4 aromatic rings. The predicted molar refractivity (Wildman–Crippen MR) is 124 cm³/mol. The van der Waals surface area contributed by atoms with Gasteiger partial charge in [-0.25, -0.2) is 9.78 Å². The first-order valence-electron chi connectivity index (χ1n) is 10.8. The van der Waals surface area contributed by atoms with Gasteiger partial charge in [-0.05, 0) is 55.7 Å². The molecular weight excluding hydrogens is 420 g/mol. The Morgan fingerprint density at radius 2 is 1.97 bits per heavy atom. The molecule has 0 spiro atoms. The molecule has 0 bridgehead atoms. The fraction of sp³-hybridized carbons (Fsp3) is 0.280. The van der Waals surface area contributed by atoms with E-state index in [4.69, 9.17) is 4.42 Å². The molecule has 1 fully saturated rings. The number of aryl methyl sites for hydroxylation is 2. The number of carboxylic acids is 1. The minimum absolute atomic E-state index is 0.0309. The molecular formula is C25H22N4O4. The smallest absolute Gasteiger partial charge is 0.335 e. The molecule has 33 heavy (non-hydrogen) atoms. The Balaban J connectivity index is 1.52. The Hall–Kier alpha value is -4.12. The van der Waals surface area contributed by atoms with Gasteiger partial charge in [-0.15, -0.1) is 0 Å². The van der Waals surface area contributed by atoms with Gasteiger partial charge in [-0.2, -0.15) is 5.26 Å². The molecule has 0 unspecified atom stereocenters. The van der Waals surface area contributed by atoms with Crippen LogP contribution in [-0.4, -0.2) is 33.7 Å². The Morgan fingerprint density at radius 3 is 2.67 bits per heavy atom. The molecule has 0 saturated carbocycles. The molecule has 0 atom stereocenters. The second-order valence-electron chi connectivity index (χ2n) is 8.52. The van der Waals surface area contributed by atoms with Crippen LogP contribution in [0.4, 0.5) is 5.69 Å². The predicted octanol–water partition coefficient (Wildman–Crippen LogP) is 3.94. The number of hydrogen-bond donors (Lipinski definition) is 1. The van der Waals surface area contributed by atoms with Crippen LogP contribution in [0.2, 0.25) is 0 Å². The molecule has 166 valence electrons. The third-order valence-corrected chi connectivity index (χ3v) is 6.45. The number of pyridine rings is 1. The summed E-state index contributed by atoms with van der Waals surface area (Å²) in [5.41, 5.74) is 3.59. The molecule has 2 aromatic heterocycles. The topological polar surface area (TPSA) is 112 Å². The summed E-state index contributed by atoms with van der Waals surface area (Å²) in [4.78, 5) is 31.1. The van der Waals surface area contributed by atoms with Gasteiger partial charge in [0.25, 0.3) is 5.56 Å². The van der Waals surface area contributed by atoms with E-state index in [0.29, 0.717) is 35.6 Å². The Bertz CT molecular complexity index is 1520. The monoisotopic (exact) mass is 442 g/mol. The van der Waals surface area contributed by atoms with Crippen molar-refractivity contribution in [2.24, 2.45) is 7.05 Å². The van der Waals surface area contributed by atoms with Gasteiger partial charge in [-0.3, -0.25) is 4.79 Å². The van der Waals surface area contributed by atoms with E-state index >= 15 is 0 Å². The van der Waals surface area contributed by atoms with E-state index in [-0.39, 0.29) is 22.6 Å². The van der Waals surface area contributed by atoms with Crippen LogP contribution in [0.25, 0.3) is 22.0 Å². The van der Waals surface area contributed by atoms with Crippen molar-refractivity contribution in [1.82, 2.24) is 9.55 Å². The molecule has 8 heteroatoms. The number of carbonyl (C=O) groups is 1. The second-order valence-corrected chi connectivity index (χ2v) is 8.52. The number of oxazole rings is 1. The van der Waals surface area contributed by atoms with Crippen molar-refractivity contribution >= 4 is 33.7 Å². The number of fused-ring (bicyclic) bond motifs is 2. The summed E-state index contributed by atoms with van der Waals surface area (Å²) in [6.45, 7) is 3.20. The van der Waals surface area contributed by atoms with E-state index in [1.807, 2.05) is 30.0 Å². The fourth-order valence-corrected chi connectivity index (χ4v) is 4.67. The normalized spacial score (nSPS) is 14.6. The first-order chi connectivity index (χ1) is 15.9. The summed E-state index contributed by atoms with van der Waals surface area (Å²) >= 11 is 0. The Labute approximate surface area is 189 Å². The van der Waals surface area contributed by atoms with E-state index < -0.39 is 5.97 Å². The number of nitriles is 1. The van der Waals surface area contributed by atoms with Gasteiger partial charge < -0.3 is 19.0 Å². The zero-order valence-electron chi connectivity index (χ0n) is 18.3. The van der Waals surface area contributed by atoms with Gasteiger partial charge in [0.05, 0.1) is 16.8 Å². The van der Waals surface area contributed by atoms with Gasteiger partial charge in [-0.1, -0.05) is 6.07 Å². The standard InChI is InChI=1S/C25H22N4O4/c1-14-3-6-21-19(11-14)27-23(33-21)15-7-9-29(10-8-15)22-17-12-16(25(31)32)4-5-20(17)28(2)24(30)18(22)13-26/h3-6,11-12,15H,7-10H2,1-2H3,(H,31,32). The van der Waals surface area contributed by atoms with E-state index in [1.54, 1.807) is 19.2 Å². The van der Waals surface area contributed by atoms with Gasteiger partial charge >= 0.3 is 5.97 Å². The van der Waals surface area contributed by atoms with Gasteiger partial charge in [0.1, 0.15) is 17.1 Å². The number of anilines is 1. The van der Waals surface area contributed by atoms with Gasteiger partial charge in [0.2, 0.25) is 0 Å². The lowest BCUT2D eigenvalue weighted by atomic mass is 9.95.